The van der Waals surface area contributed by atoms with Crippen molar-refractivity contribution in [3.05, 3.63) is 47.7 Å². The molecule has 1 N–H and O–H groups in total. The van der Waals surface area contributed by atoms with E-state index in [9.17, 15) is 13.5 Å². The van der Waals surface area contributed by atoms with E-state index in [1.165, 1.54) is 6.07 Å². The number of benzene rings is 1. The fourth-order valence-corrected chi connectivity index (χ4v) is 3.19. The smallest absolute Gasteiger partial charge is 0.176 e. The van der Waals surface area contributed by atoms with Crippen molar-refractivity contribution < 1.29 is 13.5 Å². The van der Waals surface area contributed by atoms with Crippen LogP contribution in [0.5, 0.6) is 0 Å². The highest BCUT2D eigenvalue weighted by atomic mass is 32.2. The summed E-state index contributed by atoms with van der Waals surface area (Å²) in [4.78, 5) is 8.59. The van der Waals surface area contributed by atoms with Gasteiger partial charge in [-0.2, -0.15) is 0 Å². The number of allylic oxidation sites excluding steroid dienone is 1. The third-order valence-corrected chi connectivity index (χ3v) is 4.47. The van der Waals surface area contributed by atoms with Crippen LogP contribution >= 0.6 is 0 Å². The molecule has 6 heteroatoms. The van der Waals surface area contributed by atoms with Gasteiger partial charge in [0.1, 0.15) is 0 Å². The average molecular weight is 330 g/mol. The van der Waals surface area contributed by atoms with Crippen LogP contribution in [0.3, 0.4) is 0 Å². The second-order valence-corrected chi connectivity index (χ2v) is 6.97. The average Bonchev–Trinajstić information content (AvgIpc) is 2.54. The molecular formula is C17H18N2O3S. The Bertz CT molecular complexity index is 871. The van der Waals surface area contributed by atoms with E-state index in [4.69, 9.17) is 0 Å². The van der Waals surface area contributed by atoms with Crippen molar-refractivity contribution in [3.63, 3.8) is 0 Å². The first kappa shape index (κ1) is 17.1. The van der Waals surface area contributed by atoms with Gasteiger partial charge in [-0.3, -0.25) is 4.99 Å². The Morgan fingerprint density at radius 3 is 2.61 bits per heavy atom. The van der Waals surface area contributed by atoms with E-state index in [1.54, 1.807) is 30.3 Å². The molecule has 2 rings (SSSR count). The maximum absolute atomic E-state index is 12.0. The molecule has 2 aromatic rings. The molecule has 0 amide bonds. The third kappa shape index (κ3) is 3.55. The van der Waals surface area contributed by atoms with Gasteiger partial charge in [-0.05, 0) is 31.9 Å². The highest BCUT2D eigenvalue weighted by Gasteiger charge is 2.18. The van der Waals surface area contributed by atoms with E-state index in [0.29, 0.717) is 28.2 Å². The lowest BCUT2D eigenvalue weighted by Crippen LogP contribution is -2.03. The molecule has 0 bridgehead atoms. The zero-order chi connectivity index (χ0) is 17.0. The van der Waals surface area contributed by atoms with Crippen molar-refractivity contribution >= 4 is 28.3 Å². The van der Waals surface area contributed by atoms with Crippen LogP contribution < -0.4 is 0 Å². The summed E-state index contributed by atoms with van der Waals surface area (Å²) in [7, 11) is -3.42. The number of sulfone groups is 1. The summed E-state index contributed by atoms with van der Waals surface area (Å²) in [5, 5.41) is 9.64. The summed E-state index contributed by atoms with van der Waals surface area (Å²) in [6.07, 6.45) is 4.72. The fraction of sp³-hybridized carbons (Fsp3) is 0.176. The molecular weight excluding hydrogens is 312 g/mol. The molecule has 0 atom stereocenters. The molecule has 0 spiro atoms. The van der Waals surface area contributed by atoms with Crippen molar-refractivity contribution in [1.82, 2.24) is 4.98 Å². The van der Waals surface area contributed by atoms with Gasteiger partial charge in [-0.15, -0.1) is 0 Å². The minimum atomic E-state index is -3.42. The van der Waals surface area contributed by atoms with Gasteiger partial charge in [0.15, 0.2) is 9.84 Å². The number of pyridine rings is 1. The number of hydrogen-bond acceptors (Lipinski definition) is 5. The Kier molecular flexibility index (Phi) is 5.08. The Hall–Kier alpha value is -2.31. The third-order valence-electron chi connectivity index (χ3n) is 3.32. The maximum Gasteiger partial charge on any atom is 0.176 e. The number of aliphatic hydroxyl groups is 1. The monoisotopic (exact) mass is 330 g/mol. The summed E-state index contributed by atoms with van der Waals surface area (Å²) in [6.45, 7) is 5.07. The van der Waals surface area contributed by atoms with Crippen LogP contribution in [0.15, 0.2) is 46.3 Å². The van der Waals surface area contributed by atoms with Crippen molar-refractivity contribution in [2.45, 2.75) is 18.4 Å². The Labute approximate surface area is 136 Å². The van der Waals surface area contributed by atoms with Crippen LogP contribution in [-0.4, -0.2) is 31.5 Å². The molecule has 0 aliphatic rings. The quantitative estimate of drug-likeness (QED) is 0.855. The van der Waals surface area contributed by atoms with E-state index in [0.717, 1.165) is 6.26 Å². The molecule has 0 saturated carbocycles. The van der Waals surface area contributed by atoms with Crippen LogP contribution in [0.4, 0.5) is 5.69 Å². The van der Waals surface area contributed by atoms with Crippen molar-refractivity contribution in [2.75, 3.05) is 6.26 Å². The van der Waals surface area contributed by atoms with Crippen LogP contribution in [0.2, 0.25) is 0 Å². The summed E-state index contributed by atoms with van der Waals surface area (Å²) < 4.78 is 24.1. The van der Waals surface area contributed by atoms with Gasteiger partial charge < -0.3 is 5.11 Å². The van der Waals surface area contributed by atoms with Crippen LogP contribution in [0.1, 0.15) is 18.2 Å². The second kappa shape index (κ2) is 6.85. The molecule has 0 aliphatic carbocycles. The van der Waals surface area contributed by atoms with Crippen LogP contribution in [0, 0.1) is 0 Å². The largest absolute Gasteiger partial charge is 0.392 e. The zero-order valence-electron chi connectivity index (χ0n) is 13.0. The van der Waals surface area contributed by atoms with Crippen molar-refractivity contribution in [3.8, 4) is 11.3 Å². The van der Waals surface area contributed by atoms with E-state index in [-0.39, 0.29) is 11.5 Å². The van der Waals surface area contributed by atoms with Crippen LogP contribution in [-0.2, 0) is 16.4 Å². The SMILES string of the molecule is C=Nc1cc(CO)c(-c2ccccc2S(C)(=O)=O)nc1C=CC. The van der Waals surface area contributed by atoms with Crippen LogP contribution in [0.25, 0.3) is 17.3 Å². The fourth-order valence-electron chi connectivity index (χ4n) is 2.30. The highest BCUT2D eigenvalue weighted by Crippen LogP contribution is 2.32. The predicted molar refractivity (Wildman–Crippen MR) is 92.6 cm³/mol. The molecule has 0 aliphatic heterocycles. The zero-order valence-corrected chi connectivity index (χ0v) is 13.8. The standard InChI is InChI=1S/C17H18N2O3S/c1-4-7-14-15(18-2)10-12(11-20)17(19-14)13-8-5-6-9-16(13)23(3,21)22/h4-10,20H,2,11H2,1,3H3. The first-order valence-electron chi connectivity index (χ1n) is 6.96. The Morgan fingerprint density at radius 1 is 1.35 bits per heavy atom. The number of rotatable bonds is 5. The molecule has 1 heterocycles. The van der Waals surface area contributed by atoms with Gasteiger partial charge in [0.25, 0.3) is 0 Å². The minimum absolute atomic E-state index is 0.174. The lowest BCUT2D eigenvalue weighted by Gasteiger charge is -2.13. The molecule has 0 saturated heterocycles. The summed E-state index contributed by atoms with van der Waals surface area (Å²) in [5.41, 5.74) is 2.48. The molecule has 1 aromatic heterocycles. The lowest BCUT2D eigenvalue weighted by atomic mass is 10.0. The Balaban J connectivity index is 2.83. The summed E-state index contributed by atoms with van der Waals surface area (Å²) in [5.74, 6) is 0. The van der Waals surface area contributed by atoms with Gasteiger partial charge in [-0.25, -0.2) is 13.4 Å². The first-order valence-corrected chi connectivity index (χ1v) is 8.85. The lowest BCUT2D eigenvalue weighted by molar-refractivity contribution is 0.282. The molecule has 0 radical (unpaired) electrons. The molecule has 5 nitrogen and oxygen atoms in total. The van der Waals surface area contributed by atoms with E-state index < -0.39 is 9.84 Å². The Morgan fingerprint density at radius 2 is 2.04 bits per heavy atom. The maximum atomic E-state index is 12.0. The van der Waals surface area contributed by atoms with Crippen molar-refractivity contribution in [1.29, 1.82) is 0 Å². The minimum Gasteiger partial charge on any atom is -0.392 e. The topological polar surface area (TPSA) is 79.6 Å². The number of aliphatic hydroxyl groups excluding tert-OH is 1. The predicted octanol–water partition coefficient (Wildman–Crippen LogP) is 3.01. The van der Waals surface area contributed by atoms with Gasteiger partial charge in [0, 0.05) is 17.4 Å². The first-order chi connectivity index (χ1) is 10.9. The summed E-state index contributed by atoms with van der Waals surface area (Å²) >= 11 is 0. The van der Waals surface area contributed by atoms with Gasteiger partial charge in [-0.1, -0.05) is 24.3 Å². The molecule has 1 aromatic carbocycles. The van der Waals surface area contributed by atoms with E-state index in [2.05, 4.69) is 16.7 Å². The van der Waals surface area contributed by atoms with E-state index >= 15 is 0 Å². The normalized spacial score (nSPS) is 11.8. The number of aliphatic imine (C=N–C) groups is 1. The molecule has 23 heavy (non-hydrogen) atoms. The van der Waals surface area contributed by atoms with Gasteiger partial charge in [0.05, 0.1) is 28.6 Å². The molecule has 120 valence electrons. The molecule has 0 unspecified atom stereocenters. The van der Waals surface area contributed by atoms with Crippen molar-refractivity contribution in [2.24, 2.45) is 4.99 Å². The number of nitrogens with zero attached hydrogens (tertiary/aromatic N) is 2. The number of aromatic nitrogens is 1. The number of hydrogen-bond donors (Lipinski definition) is 1. The van der Waals surface area contributed by atoms with Gasteiger partial charge >= 0.3 is 0 Å². The van der Waals surface area contributed by atoms with E-state index in [1.807, 2.05) is 13.0 Å². The summed E-state index contributed by atoms with van der Waals surface area (Å²) in [6, 6.07) is 8.28. The molecule has 0 fully saturated rings. The highest BCUT2D eigenvalue weighted by molar-refractivity contribution is 7.90. The van der Waals surface area contributed by atoms with Gasteiger partial charge in [0.2, 0.25) is 0 Å². The second-order valence-electron chi connectivity index (χ2n) is 4.99.